The van der Waals surface area contributed by atoms with E-state index in [0.717, 1.165) is 30.0 Å². The molecular formula is C25H28FN5O2. The van der Waals surface area contributed by atoms with Crippen LogP contribution in [0.4, 0.5) is 16.0 Å². The fourth-order valence-corrected chi connectivity index (χ4v) is 3.98. The third-order valence-corrected chi connectivity index (χ3v) is 5.77. The maximum Gasteiger partial charge on any atom is 0.263 e. The molecule has 1 aliphatic rings. The number of anilines is 2. The van der Waals surface area contributed by atoms with Crippen molar-refractivity contribution in [2.45, 2.75) is 45.1 Å². The molecule has 0 saturated carbocycles. The number of para-hydroxylation sites is 1. The lowest BCUT2D eigenvalue weighted by Crippen LogP contribution is -2.45. The highest BCUT2D eigenvalue weighted by molar-refractivity contribution is 5.81. The van der Waals surface area contributed by atoms with Gasteiger partial charge in [-0.1, -0.05) is 25.1 Å². The van der Waals surface area contributed by atoms with Gasteiger partial charge in [-0.05, 0) is 50.5 Å². The predicted octanol–water partition coefficient (Wildman–Crippen LogP) is 4.63. The number of ether oxygens (including phenoxy) is 1. The van der Waals surface area contributed by atoms with Crippen molar-refractivity contribution in [2.75, 3.05) is 18.4 Å². The zero-order valence-corrected chi connectivity index (χ0v) is 18.9. The first-order valence-corrected chi connectivity index (χ1v) is 11.3. The Morgan fingerprint density at radius 3 is 2.64 bits per heavy atom. The number of rotatable bonds is 7. The Bertz CT molecular complexity index is 1100. The number of carbonyl (C=O) groups is 1. The quantitative estimate of drug-likeness (QED) is 0.567. The molecule has 33 heavy (non-hydrogen) atoms. The molecule has 3 aromatic rings. The predicted molar refractivity (Wildman–Crippen MR) is 124 cm³/mol. The van der Waals surface area contributed by atoms with Gasteiger partial charge >= 0.3 is 0 Å². The van der Waals surface area contributed by atoms with E-state index >= 15 is 0 Å². The Labute approximate surface area is 193 Å². The number of aromatic nitrogens is 3. The second kappa shape index (κ2) is 10.4. The number of hydrogen-bond acceptors (Lipinski definition) is 6. The summed E-state index contributed by atoms with van der Waals surface area (Å²) in [5, 5.41) is 3.21. The molecule has 1 saturated heterocycles. The second-order valence-electron chi connectivity index (χ2n) is 8.16. The summed E-state index contributed by atoms with van der Waals surface area (Å²) in [6, 6.07) is 11.9. The smallest absolute Gasteiger partial charge is 0.263 e. The van der Waals surface area contributed by atoms with E-state index in [1.807, 2.05) is 32.0 Å². The summed E-state index contributed by atoms with van der Waals surface area (Å²) in [5.74, 6) is 1.12. The normalized spacial score (nSPS) is 15.2. The van der Waals surface area contributed by atoms with Crippen LogP contribution in [0.3, 0.4) is 0 Å². The molecule has 1 aliphatic heterocycles. The molecule has 1 fully saturated rings. The first-order chi connectivity index (χ1) is 16.0. The van der Waals surface area contributed by atoms with Crippen LogP contribution < -0.4 is 10.1 Å². The van der Waals surface area contributed by atoms with Crippen molar-refractivity contribution < 1.29 is 13.9 Å². The van der Waals surface area contributed by atoms with E-state index < -0.39 is 11.9 Å². The SMILES string of the molecule is CCC(Oc1ccccc1F)C(=O)N1CCC(c2cncc(Nc3cccc(C)n3)n2)CC1. The first kappa shape index (κ1) is 22.6. The van der Waals surface area contributed by atoms with Gasteiger partial charge in [-0.25, -0.2) is 14.4 Å². The summed E-state index contributed by atoms with van der Waals surface area (Å²) >= 11 is 0. The number of likely N-dealkylation sites (tertiary alicyclic amines) is 1. The summed E-state index contributed by atoms with van der Waals surface area (Å²) in [4.78, 5) is 28.3. The maximum absolute atomic E-state index is 13.9. The molecule has 1 N–H and O–H groups in total. The molecule has 7 nitrogen and oxygen atoms in total. The number of nitrogens with zero attached hydrogens (tertiary/aromatic N) is 4. The number of pyridine rings is 1. The standard InChI is InChI=1S/C25H28FN5O2/c1-3-21(33-22-9-5-4-8-19(22)26)25(32)31-13-11-18(12-14-31)20-15-27-16-24(29-20)30-23-10-6-7-17(2)28-23/h4-10,15-16,18,21H,3,11-14H2,1-2H3,(H,28,29,30). The fraction of sp³-hybridized carbons (Fsp3) is 0.360. The summed E-state index contributed by atoms with van der Waals surface area (Å²) < 4.78 is 19.6. The molecule has 2 aromatic heterocycles. The Hall–Kier alpha value is -3.55. The van der Waals surface area contributed by atoms with Crippen molar-refractivity contribution in [2.24, 2.45) is 0 Å². The van der Waals surface area contributed by atoms with Crippen LogP contribution in [0.1, 0.15) is 43.5 Å². The molecule has 4 rings (SSSR count). The molecule has 0 spiro atoms. The van der Waals surface area contributed by atoms with Crippen LogP contribution in [0.5, 0.6) is 5.75 Å². The zero-order valence-electron chi connectivity index (χ0n) is 18.9. The average molecular weight is 450 g/mol. The van der Waals surface area contributed by atoms with Crippen molar-refractivity contribution in [3.8, 4) is 5.75 Å². The second-order valence-corrected chi connectivity index (χ2v) is 8.16. The number of piperidine rings is 1. The third kappa shape index (κ3) is 5.63. The van der Waals surface area contributed by atoms with Crippen molar-refractivity contribution >= 4 is 17.5 Å². The Morgan fingerprint density at radius 1 is 1.12 bits per heavy atom. The van der Waals surface area contributed by atoms with Crippen molar-refractivity contribution in [1.82, 2.24) is 19.9 Å². The van der Waals surface area contributed by atoms with E-state index in [-0.39, 0.29) is 17.6 Å². The number of benzene rings is 1. The van der Waals surface area contributed by atoms with Gasteiger partial charge in [0.25, 0.3) is 5.91 Å². The molecule has 0 aliphatic carbocycles. The molecule has 1 unspecified atom stereocenters. The largest absolute Gasteiger partial charge is 0.478 e. The van der Waals surface area contributed by atoms with Crippen LogP contribution in [0, 0.1) is 12.7 Å². The molecule has 0 bridgehead atoms. The minimum atomic E-state index is -0.701. The zero-order chi connectivity index (χ0) is 23.2. The van der Waals surface area contributed by atoms with Gasteiger partial charge < -0.3 is 15.0 Å². The molecule has 1 amide bonds. The van der Waals surface area contributed by atoms with Gasteiger partial charge in [0.1, 0.15) is 11.6 Å². The van der Waals surface area contributed by atoms with Crippen LogP contribution in [0.25, 0.3) is 0 Å². The van der Waals surface area contributed by atoms with Gasteiger partial charge in [-0.15, -0.1) is 0 Å². The van der Waals surface area contributed by atoms with E-state index in [1.54, 1.807) is 35.5 Å². The Morgan fingerprint density at radius 2 is 1.91 bits per heavy atom. The van der Waals surface area contributed by atoms with E-state index in [2.05, 4.69) is 15.3 Å². The van der Waals surface area contributed by atoms with Crippen molar-refractivity contribution in [3.63, 3.8) is 0 Å². The van der Waals surface area contributed by atoms with E-state index in [1.165, 1.54) is 6.07 Å². The van der Waals surface area contributed by atoms with Crippen LogP contribution >= 0.6 is 0 Å². The Kier molecular flexibility index (Phi) is 7.12. The highest BCUT2D eigenvalue weighted by Gasteiger charge is 2.30. The van der Waals surface area contributed by atoms with E-state index in [0.29, 0.717) is 25.3 Å². The highest BCUT2D eigenvalue weighted by atomic mass is 19.1. The highest BCUT2D eigenvalue weighted by Crippen LogP contribution is 2.28. The van der Waals surface area contributed by atoms with E-state index in [9.17, 15) is 9.18 Å². The number of hydrogen-bond donors (Lipinski definition) is 1. The number of carbonyl (C=O) groups excluding carboxylic acids is 1. The average Bonchev–Trinajstić information content (AvgIpc) is 2.83. The maximum atomic E-state index is 13.9. The molecule has 3 heterocycles. The fourth-order valence-electron chi connectivity index (χ4n) is 3.98. The van der Waals surface area contributed by atoms with Crippen LogP contribution in [-0.4, -0.2) is 45.0 Å². The molecule has 1 atom stereocenters. The van der Waals surface area contributed by atoms with Crippen LogP contribution in [0.2, 0.25) is 0 Å². The number of halogens is 1. The van der Waals surface area contributed by atoms with Gasteiger partial charge in [-0.3, -0.25) is 9.78 Å². The van der Waals surface area contributed by atoms with Crippen LogP contribution in [0.15, 0.2) is 54.9 Å². The topological polar surface area (TPSA) is 80.2 Å². The van der Waals surface area contributed by atoms with Crippen molar-refractivity contribution in [1.29, 1.82) is 0 Å². The monoisotopic (exact) mass is 449 g/mol. The van der Waals surface area contributed by atoms with Gasteiger partial charge in [0.05, 0.1) is 11.9 Å². The number of nitrogens with one attached hydrogen (secondary N) is 1. The van der Waals surface area contributed by atoms with Gasteiger partial charge in [0.15, 0.2) is 17.7 Å². The Balaban J connectivity index is 1.36. The molecule has 172 valence electrons. The minimum Gasteiger partial charge on any atom is -0.478 e. The first-order valence-electron chi connectivity index (χ1n) is 11.3. The third-order valence-electron chi connectivity index (χ3n) is 5.77. The van der Waals surface area contributed by atoms with Gasteiger partial charge in [0.2, 0.25) is 0 Å². The lowest BCUT2D eigenvalue weighted by atomic mass is 9.93. The summed E-state index contributed by atoms with van der Waals surface area (Å²) in [5.41, 5.74) is 1.82. The number of amides is 1. The molecular weight excluding hydrogens is 421 g/mol. The van der Waals surface area contributed by atoms with Gasteiger partial charge in [0, 0.05) is 30.9 Å². The van der Waals surface area contributed by atoms with Crippen LogP contribution in [-0.2, 0) is 4.79 Å². The van der Waals surface area contributed by atoms with Gasteiger partial charge in [-0.2, -0.15) is 0 Å². The summed E-state index contributed by atoms with van der Waals surface area (Å²) in [6.45, 7) is 5.00. The molecule has 0 radical (unpaired) electrons. The number of aryl methyl sites for hydroxylation is 1. The summed E-state index contributed by atoms with van der Waals surface area (Å²) in [6.07, 6.45) is 4.79. The lowest BCUT2D eigenvalue weighted by Gasteiger charge is -2.33. The molecule has 8 heteroatoms. The minimum absolute atomic E-state index is 0.105. The molecule has 1 aromatic carbocycles. The lowest BCUT2D eigenvalue weighted by molar-refractivity contribution is -0.140. The van der Waals surface area contributed by atoms with E-state index in [4.69, 9.17) is 9.72 Å². The summed E-state index contributed by atoms with van der Waals surface area (Å²) in [7, 11) is 0. The van der Waals surface area contributed by atoms with Crippen molar-refractivity contribution in [3.05, 3.63) is 72.1 Å².